The van der Waals surface area contributed by atoms with Crippen LogP contribution in [0.2, 0.25) is 0 Å². The maximum Gasteiger partial charge on any atom is 0.317 e. The Morgan fingerprint density at radius 3 is 2.62 bits per heavy atom. The minimum absolute atomic E-state index is 0.0817. The van der Waals surface area contributed by atoms with Gasteiger partial charge in [-0.2, -0.15) is 0 Å². The number of likely N-dealkylation sites (tertiary alicyclic amines) is 2. The van der Waals surface area contributed by atoms with Gasteiger partial charge in [0.05, 0.1) is 6.10 Å². The number of carbonyl (C=O) groups is 1. The first kappa shape index (κ1) is 17.2. The summed E-state index contributed by atoms with van der Waals surface area (Å²) in [5.74, 6) is 0. The van der Waals surface area contributed by atoms with E-state index < -0.39 is 0 Å². The summed E-state index contributed by atoms with van der Waals surface area (Å²) in [5, 5.41) is 3.22. The fraction of sp³-hybridized carbons (Fsp3) is 0.632. The lowest BCUT2D eigenvalue weighted by Gasteiger charge is -2.36. The summed E-state index contributed by atoms with van der Waals surface area (Å²) in [6.45, 7) is 4.65. The van der Waals surface area contributed by atoms with Gasteiger partial charge >= 0.3 is 6.03 Å². The summed E-state index contributed by atoms with van der Waals surface area (Å²) < 4.78 is 5.40. The molecule has 0 aromatic heterocycles. The summed E-state index contributed by atoms with van der Waals surface area (Å²) in [5.41, 5.74) is 1.36. The number of hydrogen-bond acceptors (Lipinski definition) is 3. The second-order valence-corrected chi connectivity index (χ2v) is 6.93. The molecule has 0 unspecified atom stereocenters. The van der Waals surface area contributed by atoms with E-state index in [4.69, 9.17) is 4.74 Å². The van der Waals surface area contributed by atoms with E-state index in [9.17, 15) is 4.79 Å². The fourth-order valence-corrected chi connectivity index (χ4v) is 3.66. The number of benzene rings is 1. The van der Waals surface area contributed by atoms with Crippen LogP contribution in [0.3, 0.4) is 0 Å². The third-order valence-corrected chi connectivity index (χ3v) is 5.16. The zero-order valence-corrected chi connectivity index (χ0v) is 14.6. The standard InChI is InChI=1S/C19H29N3O2/c1-24-18-8-5-11-22(15-18)19(23)20-17-9-12-21(13-10-17)14-16-6-3-2-4-7-16/h2-4,6-7,17-18H,5,8-15H2,1H3,(H,20,23)/t18-/m0/s1. The quantitative estimate of drug-likeness (QED) is 0.922. The van der Waals surface area contributed by atoms with Crippen molar-refractivity contribution in [2.24, 2.45) is 0 Å². The third-order valence-electron chi connectivity index (χ3n) is 5.16. The summed E-state index contributed by atoms with van der Waals surface area (Å²) in [6.07, 6.45) is 4.33. The molecular weight excluding hydrogens is 302 g/mol. The Kier molecular flexibility index (Phi) is 6.10. The molecule has 3 rings (SSSR count). The van der Waals surface area contributed by atoms with Crippen molar-refractivity contribution >= 4 is 6.03 Å². The normalized spacial score (nSPS) is 23.2. The van der Waals surface area contributed by atoms with Crippen LogP contribution in [-0.4, -0.2) is 61.3 Å². The van der Waals surface area contributed by atoms with Gasteiger partial charge in [-0.25, -0.2) is 4.79 Å². The van der Waals surface area contributed by atoms with Gasteiger partial charge in [0.2, 0.25) is 0 Å². The van der Waals surface area contributed by atoms with Crippen LogP contribution in [0.25, 0.3) is 0 Å². The van der Waals surface area contributed by atoms with Crippen LogP contribution in [0, 0.1) is 0 Å². The molecule has 0 aliphatic carbocycles. The molecule has 2 heterocycles. The number of ether oxygens (including phenoxy) is 1. The molecule has 5 nitrogen and oxygen atoms in total. The Morgan fingerprint density at radius 1 is 1.17 bits per heavy atom. The number of nitrogens with one attached hydrogen (secondary N) is 1. The molecule has 1 aromatic rings. The van der Waals surface area contributed by atoms with E-state index in [-0.39, 0.29) is 12.1 Å². The van der Waals surface area contributed by atoms with E-state index in [1.807, 2.05) is 4.90 Å². The van der Waals surface area contributed by atoms with E-state index >= 15 is 0 Å². The van der Waals surface area contributed by atoms with Gasteiger partial charge in [-0.05, 0) is 31.2 Å². The summed E-state index contributed by atoms with van der Waals surface area (Å²) >= 11 is 0. The van der Waals surface area contributed by atoms with E-state index in [0.29, 0.717) is 6.04 Å². The molecule has 2 aliphatic heterocycles. The molecule has 1 atom stereocenters. The van der Waals surface area contributed by atoms with Crippen LogP contribution in [-0.2, 0) is 11.3 Å². The molecule has 2 amide bonds. The smallest absolute Gasteiger partial charge is 0.317 e. The Balaban J connectivity index is 1.41. The number of urea groups is 1. The van der Waals surface area contributed by atoms with Gasteiger partial charge < -0.3 is 15.0 Å². The average Bonchev–Trinajstić information content (AvgIpc) is 2.64. The number of nitrogens with zero attached hydrogens (tertiary/aromatic N) is 2. The third kappa shape index (κ3) is 4.71. The first-order valence-electron chi connectivity index (χ1n) is 9.09. The maximum atomic E-state index is 12.4. The Morgan fingerprint density at radius 2 is 1.92 bits per heavy atom. The molecule has 0 radical (unpaired) electrons. The second-order valence-electron chi connectivity index (χ2n) is 6.93. The van der Waals surface area contributed by atoms with Crippen molar-refractivity contribution in [2.75, 3.05) is 33.3 Å². The lowest BCUT2D eigenvalue weighted by Crippen LogP contribution is -2.52. The van der Waals surface area contributed by atoms with Crippen LogP contribution in [0.15, 0.2) is 30.3 Å². The highest BCUT2D eigenvalue weighted by Crippen LogP contribution is 2.16. The van der Waals surface area contributed by atoms with Crippen molar-refractivity contribution < 1.29 is 9.53 Å². The molecule has 0 bridgehead atoms. The van der Waals surface area contributed by atoms with Gasteiger partial charge in [-0.1, -0.05) is 30.3 Å². The number of hydrogen-bond donors (Lipinski definition) is 1. The van der Waals surface area contributed by atoms with Crippen molar-refractivity contribution in [2.45, 2.75) is 44.4 Å². The van der Waals surface area contributed by atoms with Gasteiger partial charge in [0, 0.05) is 45.9 Å². The number of carbonyl (C=O) groups excluding carboxylic acids is 1. The molecule has 24 heavy (non-hydrogen) atoms. The van der Waals surface area contributed by atoms with Crippen LogP contribution in [0.1, 0.15) is 31.2 Å². The highest BCUT2D eigenvalue weighted by atomic mass is 16.5. The summed E-state index contributed by atoms with van der Waals surface area (Å²) in [6, 6.07) is 11.0. The highest BCUT2D eigenvalue weighted by Gasteiger charge is 2.26. The molecule has 2 fully saturated rings. The van der Waals surface area contributed by atoms with Gasteiger partial charge in [0.15, 0.2) is 0 Å². The summed E-state index contributed by atoms with van der Waals surface area (Å²) in [4.78, 5) is 16.8. The number of rotatable bonds is 4. The zero-order chi connectivity index (χ0) is 16.8. The van der Waals surface area contributed by atoms with Crippen LogP contribution >= 0.6 is 0 Å². The first-order chi connectivity index (χ1) is 11.7. The molecule has 2 aliphatic rings. The van der Waals surface area contributed by atoms with Crippen molar-refractivity contribution in [1.29, 1.82) is 0 Å². The van der Waals surface area contributed by atoms with Gasteiger partial charge in [0.1, 0.15) is 0 Å². The fourth-order valence-electron chi connectivity index (χ4n) is 3.66. The topological polar surface area (TPSA) is 44.8 Å². The van der Waals surface area contributed by atoms with E-state index in [1.54, 1.807) is 7.11 Å². The first-order valence-corrected chi connectivity index (χ1v) is 9.09. The predicted molar refractivity (Wildman–Crippen MR) is 94.9 cm³/mol. The molecule has 1 N–H and O–H groups in total. The van der Waals surface area contributed by atoms with Crippen LogP contribution < -0.4 is 5.32 Å². The monoisotopic (exact) mass is 331 g/mol. The zero-order valence-electron chi connectivity index (χ0n) is 14.6. The Labute approximate surface area is 145 Å². The molecule has 132 valence electrons. The van der Waals surface area contributed by atoms with Gasteiger partial charge in [-0.15, -0.1) is 0 Å². The molecular formula is C19H29N3O2. The molecule has 2 saturated heterocycles. The number of piperidine rings is 2. The van der Waals surface area contributed by atoms with E-state index in [2.05, 4.69) is 40.5 Å². The van der Waals surface area contributed by atoms with Crippen molar-refractivity contribution in [3.05, 3.63) is 35.9 Å². The molecule has 0 spiro atoms. The van der Waals surface area contributed by atoms with Crippen LogP contribution in [0.4, 0.5) is 4.79 Å². The second kappa shape index (κ2) is 8.49. The lowest BCUT2D eigenvalue weighted by atomic mass is 10.0. The van der Waals surface area contributed by atoms with Crippen LogP contribution in [0.5, 0.6) is 0 Å². The summed E-state index contributed by atoms with van der Waals surface area (Å²) in [7, 11) is 1.73. The average molecular weight is 331 g/mol. The number of amides is 2. The maximum absolute atomic E-state index is 12.4. The van der Waals surface area contributed by atoms with Crippen molar-refractivity contribution in [3.63, 3.8) is 0 Å². The Hall–Kier alpha value is -1.59. The van der Waals surface area contributed by atoms with Gasteiger partial charge in [-0.3, -0.25) is 4.90 Å². The minimum atomic E-state index is 0.0817. The van der Waals surface area contributed by atoms with Crippen molar-refractivity contribution in [1.82, 2.24) is 15.1 Å². The van der Waals surface area contributed by atoms with E-state index in [0.717, 1.165) is 58.4 Å². The SMILES string of the molecule is CO[C@H]1CCCN(C(=O)NC2CCN(Cc3ccccc3)CC2)C1. The lowest BCUT2D eigenvalue weighted by molar-refractivity contribution is 0.0424. The minimum Gasteiger partial charge on any atom is -0.380 e. The van der Waals surface area contributed by atoms with Crippen molar-refractivity contribution in [3.8, 4) is 0 Å². The molecule has 5 heteroatoms. The Bertz CT molecular complexity index is 515. The molecule has 0 saturated carbocycles. The van der Waals surface area contributed by atoms with E-state index in [1.165, 1.54) is 5.56 Å². The highest BCUT2D eigenvalue weighted by molar-refractivity contribution is 5.74. The predicted octanol–water partition coefficient (Wildman–Crippen LogP) is 2.47. The molecule has 1 aromatic carbocycles. The van der Waals surface area contributed by atoms with Gasteiger partial charge in [0.25, 0.3) is 0 Å². The number of methoxy groups -OCH3 is 1. The largest absolute Gasteiger partial charge is 0.380 e.